The quantitative estimate of drug-likeness (QED) is 0.646. The number of hydrogen-bond acceptors (Lipinski definition) is 6. The molecule has 28 heavy (non-hydrogen) atoms. The van der Waals surface area contributed by atoms with Gasteiger partial charge in [-0.2, -0.15) is 4.98 Å². The smallest absolute Gasteiger partial charge is 0.249 e. The number of nitrogens with zero attached hydrogens (tertiary/aromatic N) is 3. The van der Waals surface area contributed by atoms with E-state index in [2.05, 4.69) is 15.5 Å². The molecule has 1 N–H and O–H groups in total. The van der Waals surface area contributed by atoms with Gasteiger partial charge in [-0.25, -0.2) is 0 Å². The lowest BCUT2D eigenvalue weighted by Crippen LogP contribution is -2.30. The molecule has 0 fully saturated rings. The van der Waals surface area contributed by atoms with Gasteiger partial charge < -0.3 is 19.5 Å². The second-order valence-electron chi connectivity index (χ2n) is 6.67. The number of carbonyl (C=O) groups is 1. The number of aromatic nitrogens is 2. The fourth-order valence-corrected chi connectivity index (χ4v) is 2.62. The van der Waals surface area contributed by atoms with Crippen LogP contribution in [0.1, 0.15) is 24.4 Å². The summed E-state index contributed by atoms with van der Waals surface area (Å²) in [5.74, 6) is 0.600. The summed E-state index contributed by atoms with van der Waals surface area (Å²) in [7, 11) is 3.96. The summed E-state index contributed by atoms with van der Waals surface area (Å²) in [6, 6.07) is 17.1. The van der Waals surface area contributed by atoms with Crippen molar-refractivity contribution in [2.24, 2.45) is 0 Å². The van der Waals surface area contributed by atoms with Crippen LogP contribution in [0.5, 0.6) is 0 Å². The molecule has 1 aromatic heterocycles. The SMILES string of the molecule is C[C@H](NC(=O)COCc1ccccc1)c1nc(-c2ccc(N(C)C)cc2)no1. The number of ether oxygens (including phenoxy) is 1. The highest BCUT2D eigenvalue weighted by atomic mass is 16.5. The van der Waals surface area contributed by atoms with Gasteiger partial charge in [0, 0.05) is 25.3 Å². The molecule has 2 aromatic carbocycles. The minimum atomic E-state index is -0.407. The summed E-state index contributed by atoms with van der Waals surface area (Å²) in [6.45, 7) is 2.14. The minimum Gasteiger partial charge on any atom is -0.378 e. The molecule has 3 aromatic rings. The van der Waals surface area contributed by atoms with Crippen LogP contribution in [0.25, 0.3) is 11.4 Å². The van der Waals surface area contributed by atoms with Gasteiger partial charge in [0.15, 0.2) is 0 Å². The van der Waals surface area contributed by atoms with Crippen LogP contribution in [-0.2, 0) is 16.1 Å². The van der Waals surface area contributed by atoms with E-state index in [9.17, 15) is 4.79 Å². The minimum absolute atomic E-state index is 0.0355. The summed E-state index contributed by atoms with van der Waals surface area (Å²) >= 11 is 0. The van der Waals surface area contributed by atoms with Crippen LogP contribution in [0.4, 0.5) is 5.69 Å². The highest BCUT2D eigenvalue weighted by Crippen LogP contribution is 2.21. The third kappa shape index (κ3) is 5.17. The Balaban J connectivity index is 1.52. The van der Waals surface area contributed by atoms with Gasteiger partial charge in [-0.15, -0.1) is 0 Å². The average molecular weight is 380 g/mol. The molecular formula is C21H24N4O3. The molecule has 0 aliphatic heterocycles. The molecular weight excluding hydrogens is 356 g/mol. The maximum Gasteiger partial charge on any atom is 0.249 e. The summed E-state index contributed by atoms with van der Waals surface area (Å²) in [4.78, 5) is 18.5. The normalized spacial score (nSPS) is 11.8. The van der Waals surface area contributed by atoms with Gasteiger partial charge in [0.2, 0.25) is 17.6 Å². The fraction of sp³-hybridized carbons (Fsp3) is 0.286. The van der Waals surface area contributed by atoms with Gasteiger partial charge in [0.1, 0.15) is 12.6 Å². The highest BCUT2D eigenvalue weighted by Gasteiger charge is 2.17. The van der Waals surface area contributed by atoms with Crippen molar-refractivity contribution in [3.8, 4) is 11.4 Å². The Morgan fingerprint density at radius 3 is 2.54 bits per heavy atom. The van der Waals surface area contributed by atoms with Crippen LogP contribution in [-0.4, -0.2) is 36.8 Å². The van der Waals surface area contributed by atoms with E-state index in [1.54, 1.807) is 6.92 Å². The molecule has 0 spiro atoms. The third-order valence-corrected chi connectivity index (χ3v) is 4.18. The van der Waals surface area contributed by atoms with Crippen molar-refractivity contribution >= 4 is 11.6 Å². The van der Waals surface area contributed by atoms with E-state index in [-0.39, 0.29) is 12.5 Å². The predicted molar refractivity (Wildman–Crippen MR) is 107 cm³/mol. The second-order valence-corrected chi connectivity index (χ2v) is 6.67. The Bertz CT molecular complexity index is 892. The Morgan fingerprint density at radius 1 is 1.14 bits per heavy atom. The van der Waals surface area contributed by atoms with Crippen molar-refractivity contribution < 1.29 is 14.1 Å². The van der Waals surface area contributed by atoms with Crippen LogP contribution in [0, 0.1) is 0 Å². The molecule has 0 saturated carbocycles. The van der Waals surface area contributed by atoms with Crippen molar-refractivity contribution in [2.75, 3.05) is 25.6 Å². The molecule has 3 rings (SSSR count). The molecule has 1 atom stereocenters. The van der Waals surface area contributed by atoms with E-state index in [0.717, 1.165) is 16.8 Å². The largest absolute Gasteiger partial charge is 0.378 e. The fourth-order valence-electron chi connectivity index (χ4n) is 2.62. The zero-order valence-electron chi connectivity index (χ0n) is 16.3. The number of amides is 1. The van der Waals surface area contributed by atoms with Gasteiger partial charge in [0.25, 0.3) is 0 Å². The molecule has 0 aliphatic rings. The van der Waals surface area contributed by atoms with Gasteiger partial charge >= 0.3 is 0 Å². The van der Waals surface area contributed by atoms with E-state index < -0.39 is 6.04 Å². The summed E-state index contributed by atoms with van der Waals surface area (Å²) in [5.41, 5.74) is 2.96. The maximum absolute atomic E-state index is 12.1. The lowest BCUT2D eigenvalue weighted by Gasteiger charge is -2.11. The summed E-state index contributed by atoms with van der Waals surface area (Å²) in [5, 5.41) is 6.81. The Morgan fingerprint density at radius 2 is 1.86 bits per heavy atom. The number of anilines is 1. The number of benzene rings is 2. The van der Waals surface area contributed by atoms with Crippen molar-refractivity contribution in [2.45, 2.75) is 19.6 Å². The summed E-state index contributed by atoms with van der Waals surface area (Å²) < 4.78 is 10.7. The first-order valence-corrected chi connectivity index (χ1v) is 9.05. The number of nitrogens with one attached hydrogen (secondary N) is 1. The average Bonchev–Trinajstić information content (AvgIpc) is 3.19. The van der Waals surface area contributed by atoms with Crippen LogP contribution >= 0.6 is 0 Å². The zero-order valence-corrected chi connectivity index (χ0v) is 16.3. The van der Waals surface area contributed by atoms with E-state index in [0.29, 0.717) is 18.3 Å². The maximum atomic E-state index is 12.1. The molecule has 7 heteroatoms. The molecule has 7 nitrogen and oxygen atoms in total. The lowest BCUT2D eigenvalue weighted by atomic mass is 10.2. The first-order chi connectivity index (χ1) is 13.5. The summed E-state index contributed by atoms with van der Waals surface area (Å²) in [6.07, 6.45) is 0. The number of carbonyl (C=O) groups excluding carboxylic acids is 1. The van der Waals surface area contributed by atoms with Gasteiger partial charge in [-0.3, -0.25) is 4.79 Å². The number of rotatable bonds is 8. The molecule has 0 radical (unpaired) electrons. The van der Waals surface area contributed by atoms with Crippen molar-refractivity contribution in [3.63, 3.8) is 0 Å². The van der Waals surface area contributed by atoms with Crippen molar-refractivity contribution in [3.05, 3.63) is 66.1 Å². The molecule has 0 saturated heterocycles. The van der Waals surface area contributed by atoms with E-state index >= 15 is 0 Å². The molecule has 1 amide bonds. The van der Waals surface area contributed by atoms with Crippen LogP contribution < -0.4 is 10.2 Å². The van der Waals surface area contributed by atoms with Crippen LogP contribution in [0.3, 0.4) is 0 Å². The topological polar surface area (TPSA) is 80.5 Å². The highest BCUT2D eigenvalue weighted by molar-refractivity contribution is 5.77. The number of hydrogen-bond donors (Lipinski definition) is 1. The third-order valence-electron chi connectivity index (χ3n) is 4.18. The van der Waals surface area contributed by atoms with Crippen molar-refractivity contribution in [1.82, 2.24) is 15.5 Å². The van der Waals surface area contributed by atoms with Gasteiger partial charge in [-0.1, -0.05) is 35.5 Å². The molecule has 0 unspecified atom stereocenters. The first kappa shape index (κ1) is 19.6. The Labute approximate surface area is 164 Å². The molecule has 0 aliphatic carbocycles. The van der Waals surface area contributed by atoms with Crippen molar-refractivity contribution in [1.29, 1.82) is 0 Å². The Hall–Kier alpha value is -3.19. The van der Waals surface area contributed by atoms with Crippen LogP contribution in [0.15, 0.2) is 59.1 Å². The predicted octanol–water partition coefficient (Wildman–Crippen LogP) is 3.20. The monoisotopic (exact) mass is 380 g/mol. The Kier molecular flexibility index (Phi) is 6.39. The standard InChI is InChI=1S/C21H24N4O3/c1-15(22-19(26)14-27-13-16-7-5-4-6-8-16)21-23-20(24-28-21)17-9-11-18(12-10-17)25(2)3/h4-12,15H,13-14H2,1-3H3,(H,22,26)/t15-/m0/s1. The van der Waals surface area contributed by atoms with Gasteiger partial charge in [-0.05, 0) is 36.8 Å². The van der Waals surface area contributed by atoms with E-state index in [1.165, 1.54) is 0 Å². The van der Waals surface area contributed by atoms with Crippen LogP contribution in [0.2, 0.25) is 0 Å². The van der Waals surface area contributed by atoms with E-state index in [1.807, 2.05) is 73.6 Å². The lowest BCUT2D eigenvalue weighted by molar-refractivity contribution is -0.126. The molecule has 146 valence electrons. The molecule has 0 bridgehead atoms. The zero-order chi connectivity index (χ0) is 19.9. The second kappa shape index (κ2) is 9.14. The molecule has 1 heterocycles. The first-order valence-electron chi connectivity index (χ1n) is 9.05. The van der Waals surface area contributed by atoms with E-state index in [4.69, 9.17) is 9.26 Å². The van der Waals surface area contributed by atoms with Gasteiger partial charge in [0.05, 0.1) is 6.61 Å².